The number of benzene rings is 1. The number of hydrogen-bond donors (Lipinski definition) is 2. The van der Waals surface area contributed by atoms with Crippen molar-refractivity contribution in [3.05, 3.63) is 35.9 Å². The maximum atomic E-state index is 11.7. The lowest BCUT2D eigenvalue weighted by atomic mass is 10.00. The van der Waals surface area contributed by atoms with Crippen LogP contribution in [0.15, 0.2) is 35.3 Å². The minimum atomic E-state index is -0.497. The van der Waals surface area contributed by atoms with E-state index in [0.29, 0.717) is 16.4 Å². The minimum Gasteiger partial charge on any atom is -0.444 e. The molecule has 1 aromatic carbocycles. The monoisotopic (exact) mass is 387 g/mol. The van der Waals surface area contributed by atoms with Crippen LogP contribution in [0.5, 0.6) is 0 Å². The fourth-order valence-electron chi connectivity index (χ4n) is 1.75. The normalized spacial score (nSPS) is 20.6. The van der Waals surface area contributed by atoms with E-state index in [-0.39, 0.29) is 12.1 Å². The summed E-state index contributed by atoms with van der Waals surface area (Å²) in [4.78, 5) is 16.0. The Kier molecular flexibility index (Phi) is 4.85. The molecule has 0 aromatic heterocycles. The molecule has 108 valence electrons. The number of aliphatic imine (C=N–C) groups is 1. The first kappa shape index (κ1) is 15.1. The summed E-state index contributed by atoms with van der Waals surface area (Å²) in [5.41, 5.74) is 0.846. The molecule has 0 bridgehead atoms. The van der Waals surface area contributed by atoms with E-state index in [1.165, 1.54) is 0 Å². The maximum Gasteiger partial charge on any atom is 0.414 e. The molecule has 1 aromatic rings. The number of carbonyl (C=O) groups excluding carboxylic acids is 1. The van der Waals surface area contributed by atoms with Gasteiger partial charge in [0.15, 0.2) is 0 Å². The van der Waals surface area contributed by atoms with Crippen molar-refractivity contribution in [3.8, 4) is 0 Å². The number of guanidine groups is 1. The summed E-state index contributed by atoms with van der Waals surface area (Å²) in [5.74, 6) is 0.473. The first-order valence-electron chi connectivity index (χ1n) is 6.42. The van der Waals surface area contributed by atoms with E-state index in [1.807, 2.05) is 30.3 Å². The zero-order chi connectivity index (χ0) is 14.6. The number of nitrogens with one attached hydrogen (secondary N) is 2. The van der Waals surface area contributed by atoms with Crippen LogP contribution in [0.4, 0.5) is 4.79 Å². The number of hydrogen-bond acceptors (Lipinski definition) is 4. The Balaban J connectivity index is 1.83. The van der Waals surface area contributed by atoms with E-state index in [0.717, 1.165) is 5.56 Å². The summed E-state index contributed by atoms with van der Waals surface area (Å²) in [7, 11) is 0. The average Bonchev–Trinajstić information content (AvgIpc) is 2.41. The third-order valence-electron chi connectivity index (χ3n) is 3.07. The SMILES string of the molecule is CC1(C)NC(NC(=O)OCc2ccccc2)=NCC1I. The van der Waals surface area contributed by atoms with E-state index in [1.54, 1.807) is 0 Å². The van der Waals surface area contributed by atoms with Crippen molar-refractivity contribution in [1.29, 1.82) is 0 Å². The quantitative estimate of drug-likeness (QED) is 0.606. The molecule has 0 saturated carbocycles. The standard InChI is InChI=1S/C14H18IN3O2/c1-14(2)11(15)8-16-12(18-14)17-13(19)20-9-10-6-4-3-5-7-10/h3-7,11H,8-9H2,1-2H3,(H2,16,17,18,19). The van der Waals surface area contributed by atoms with Gasteiger partial charge in [0.1, 0.15) is 6.61 Å². The average molecular weight is 387 g/mol. The lowest BCUT2D eigenvalue weighted by Gasteiger charge is -2.35. The predicted molar refractivity (Wildman–Crippen MR) is 87.1 cm³/mol. The summed E-state index contributed by atoms with van der Waals surface area (Å²) in [6.07, 6.45) is -0.497. The number of nitrogens with zero attached hydrogens (tertiary/aromatic N) is 1. The molecule has 2 rings (SSSR count). The van der Waals surface area contributed by atoms with Gasteiger partial charge in [-0.05, 0) is 19.4 Å². The van der Waals surface area contributed by atoms with Gasteiger partial charge in [-0.15, -0.1) is 0 Å². The highest BCUT2D eigenvalue weighted by Crippen LogP contribution is 2.21. The second-order valence-corrected chi connectivity index (χ2v) is 6.69. The summed E-state index contributed by atoms with van der Waals surface area (Å²) >= 11 is 2.35. The minimum absolute atomic E-state index is 0.107. The van der Waals surface area contributed by atoms with E-state index in [2.05, 4.69) is 52.1 Å². The highest BCUT2D eigenvalue weighted by atomic mass is 127. The van der Waals surface area contributed by atoms with Crippen molar-refractivity contribution in [2.24, 2.45) is 4.99 Å². The molecule has 1 heterocycles. The molecule has 1 aliphatic rings. The molecule has 0 radical (unpaired) electrons. The third kappa shape index (κ3) is 4.09. The number of carbonyl (C=O) groups is 1. The van der Waals surface area contributed by atoms with E-state index < -0.39 is 6.09 Å². The smallest absolute Gasteiger partial charge is 0.414 e. The maximum absolute atomic E-state index is 11.7. The van der Waals surface area contributed by atoms with Gasteiger partial charge >= 0.3 is 6.09 Å². The zero-order valence-electron chi connectivity index (χ0n) is 11.5. The molecule has 1 amide bonds. The summed E-state index contributed by atoms with van der Waals surface area (Å²) in [6.45, 7) is 5.08. The fourth-order valence-corrected chi connectivity index (χ4v) is 2.10. The number of alkyl carbamates (subject to hydrolysis) is 1. The van der Waals surface area contributed by atoms with Gasteiger partial charge < -0.3 is 10.1 Å². The van der Waals surface area contributed by atoms with Crippen LogP contribution in [0.25, 0.3) is 0 Å². The summed E-state index contributed by atoms with van der Waals surface area (Å²) in [6, 6.07) is 9.56. The van der Waals surface area contributed by atoms with Gasteiger partial charge in [0.05, 0.1) is 10.5 Å². The van der Waals surface area contributed by atoms with Gasteiger partial charge in [-0.25, -0.2) is 4.79 Å². The molecule has 0 saturated heterocycles. The zero-order valence-corrected chi connectivity index (χ0v) is 13.7. The number of halogens is 1. The van der Waals surface area contributed by atoms with Gasteiger partial charge in [-0.3, -0.25) is 10.3 Å². The van der Waals surface area contributed by atoms with Crippen molar-refractivity contribution < 1.29 is 9.53 Å². The van der Waals surface area contributed by atoms with Crippen LogP contribution < -0.4 is 10.6 Å². The number of rotatable bonds is 2. The Morgan fingerprint density at radius 1 is 1.50 bits per heavy atom. The van der Waals surface area contributed by atoms with Crippen molar-refractivity contribution in [2.75, 3.05) is 6.54 Å². The molecule has 1 atom stereocenters. The van der Waals surface area contributed by atoms with Crippen LogP contribution >= 0.6 is 22.6 Å². The Morgan fingerprint density at radius 3 is 2.85 bits per heavy atom. The van der Waals surface area contributed by atoms with Crippen LogP contribution in [0.3, 0.4) is 0 Å². The van der Waals surface area contributed by atoms with Crippen LogP contribution in [0, 0.1) is 0 Å². The van der Waals surface area contributed by atoms with E-state index in [4.69, 9.17) is 4.74 Å². The fraction of sp³-hybridized carbons (Fsp3) is 0.429. The van der Waals surface area contributed by atoms with Gasteiger partial charge in [0, 0.05) is 5.54 Å². The largest absolute Gasteiger partial charge is 0.444 e. The Bertz CT molecular complexity index is 502. The van der Waals surface area contributed by atoms with E-state index >= 15 is 0 Å². The Morgan fingerprint density at radius 2 is 2.20 bits per heavy atom. The van der Waals surface area contributed by atoms with Crippen LogP contribution in [-0.4, -0.2) is 28.1 Å². The number of alkyl halides is 1. The molecule has 0 spiro atoms. The topological polar surface area (TPSA) is 62.7 Å². The molecule has 1 unspecified atom stereocenters. The second kappa shape index (κ2) is 6.43. The first-order chi connectivity index (χ1) is 9.47. The molecule has 2 N–H and O–H groups in total. The van der Waals surface area contributed by atoms with Gasteiger partial charge in [-0.2, -0.15) is 0 Å². The molecular weight excluding hydrogens is 369 g/mol. The van der Waals surface area contributed by atoms with Gasteiger partial charge in [0.25, 0.3) is 0 Å². The lowest BCUT2D eigenvalue weighted by molar-refractivity contribution is 0.144. The highest BCUT2D eigenvalue weighted by molar-refractivity contribution is 14.1. The molecule has 1 aliphatic heterocycles. The Labute approximate surface area is 132 Å². The second-order valence-electron chi connectivity index (χ2n) is 5.19. The van der Waals surface area contributed by atoms with Crippen molar-refractivity contribution >= 4 is 34.6 Å². The molecule has 5 nitrogen and oxygen atoms in total. The molecule has 0 aliphatic carbocycles. The van der Waals surface area contributed by atoms with Crippen LogP contribution in [-0.2, 0) is 11.3 Å². The van der Waals surface area contributed by atoms with Crippen molar-refractivity contribution in [3.63, 3.8) is 0 Å². The van der Waals surface area contributed by atoms with Crippen molar-refractivity contribution in [2.45, 2.75) is 29.9 Å². The summed E-state index contributed by atoms with van der Waals surface area (Å²) in [5, 5.41) is 5.84. The first-order valence-corrected chi connectivity index (χ1v) is 7.66. The third-order valence-corrected chi connectivity index (χ3v) is 5.02. The molecule has 20 heavy (non-hydrogen) atoms. The van der Waals surface area contributed by atoms with Crippen LogP contribution in [0.1, 0.15) is 19.4 Å². The van der Waals surface area contributed by atoms with Crippen molar-refractivity contribution in [1.82, 2.24) is 10.6 Å². The van der Waals surface area contributed by atoms with Gasteiger partial charge in [-0.1, -0.05) is 52.9 Å². The predicted octanol–water partition coefficient (Wildman–Crippen LogP) is 2.45. The number of amides is 1. The lowest BCUT2D eigenvalue weighted by Crippen LogP contribution is -2.58. The number of ether oxygens (including phenoxy) is 1. The Hall–Kier alpha value is -1.31. The molecule has 0 fully saturated rings. The molecule has 6 heteroatoms. The highest BCUT2D eigenvalue weighted by Gasteiger charge is 2.32. The summed E-state index contributed by atoms with van der Waals surface area (Å²) < 4.78 is 5.53. The van der Waals surface area contributed by atoms with E-state index in [9.17, 15) is 4.79 Å². The van der Waals surface area contributed by atoms with Gasteiger partial charge in [0.2, 0.25) is 5.96 Å². The molecular formula is C14H18IN3O2. The van der Waals surface area contributed by atoms with Crippen LogP contribution in [0.2, 0.25) is 0 Å².